The first kappa shape index (κ1) is 21.5. The number of allylic oxidation sites excluding steroid dienone is 3. The van der Waals surface area contributed by atoms with Crippen molar-refractivity contribution in [3.8, 4) is 17.2 Å². The summed E-state index contributed by atoms with van der Waals surface area (Å²) < 4.78 is 18.5. The highest BCUT2D eigenvalue weighted by atomic mass is 16.5. The van der Waals surface area contributed by atoms with E-state index in [0.29, 0.717) is 23.8 Å². The van der Waals surface area contributed by atoms with Gasteiger partial charge in [0.2, 0.25) is 7.98 Å². The molecule has 0 aliphatic carbocycles. The van der Waals surface area contributed by atoms with Gasteiger partial charge in [-0.15, -0.1) is 0 Å². The van der Waals surface area contributed by atoms with Gasteiger partial charge in [-0.05, 0) is 62.0 Å². The monoisotopic (exact) mass is 405 g/mol. The van der Waals surface area contributed by atoms with Crippen LogP contribution in [0.5, 0.6) is 17.2 Å². The summed E-state index contributed by atoms with van der Waals surface area (Å²) in [5, 5.41) is 0. The van der Waals surface area contributed by atoms with Crippen LogP contribution in [0.1, 0.15) is 24.6 Å². The van der Waals surface area contributed by atoms with Gasteiger partial charge in [0.25, 0.3) is 0 Å². The van der Waals surface area contributed by atoms with Gasteiger partial charge in [0, 0.05) is 23.4 Å². The third-order valence-electron chi connectivity index (χ3n) is 5.09. The standard InChI is InChI=1S/C23H28BN3O3/c1-15-12-16(26-23(15)18(9-10-25)20-6-5-11-27(20)24)7-8-19-21(29-3)13-17(28-2)14-22(19)30-4/h5-8,11-14H,9-10,24-25H2,1-4H3/b8-7+,23-18-. The van der Waals surface area contributed by atoms with E-state index < -0.39 is 0 Å². The van der Waals surface area contributed by atoms with E-state index in [1.54, 1.807) is 21.3 Å². The molecule has 3 rings (SSSR count). The number of rotatable bonds is 8. The summed E-state index contributed by atoms with van der Waals surface area (Å²) in [4.78, 5) is 4.89. The summed E-state index contributed by atoms with van der Waals surface area (Å²) in [7, 11) is 6.90. The van der Waals surface area contributed by atoms with Crippen LogP contribution in [0.25, 0.3) is 11.6 Å². The third kappa shape index (κ3) is 4.36. The average Bonchev–Trinajstić information content (AvgIpc) is 3.34. The Bertz CT molecular complexity index is 1020. The van der Waals surface area contributed by atoms with Gasteiger partial charge < -0.3 is 24.4 Å². The van der Waals surface area contributed by atoms with Gasteiger partial charge >= 0.3 is 0 Å². The Morgan fingerprint density at radius 1 is 1.13 bits per heavy atom. The van der Waals surface area contributed by atoms with Gasteiger partial charge in [0.05, 0.1) is 38.3 Å². The molecule has 0 unspecified atom stereocenters. The molecular weight excluding hydrogens is 377 g/mol. The van der Waals surface area contributed by atoms with E-state index in [2.05, 4.69) is 23.5 Å². The number of methoxy groups -OCH3 is 3. The fourth-order valence-corrected chi connectivity index (χ4v) is 3.58. The fraction of sp³-hybridized carbons (Fsp3) is 0.261. The van der Waals surface area contributed by atoms with Gasteiger partial charge in [-0.2, -0.15) is 0 Å². The van der Waals surface area contributed by atoms with Crippen molar-refractivity contribution in [3.63, 3.8) is 0 Å². The summed E-state index contributed by atoms with van der Waals surface area (Å²) in [5.41, 5.74) is 12.0. The number of hydrogen-bond donors (Lipinski definition) is 1. The number of ether oxygens (including phenoxy) is 3. The van der Waals surface area contributed by atoms with E-state index in [0.717, 1.165) is 40.2 Å². The topological polar surface area (TPSA) is 71.0 Å². The molecule has 1 aliphatic heterocycles. The minimum Gasteiger partial charge on any atom is -0.496 e. The van der Waals surface area contributed by atoms with Crippen LogP contribution in [0.15, 0.2) is 58.9 Å². The first-order chi connectivity index (χ1) is 14.5. The highest BCUT2D eigenvalue weighted by molar-refractivity contribution is 6.11. The van der Waals surface area contributed by atoms with Crippen molar-refractivity contribution in [1.82, 2.24) is 4.48 Å². The van der Waals surface area contributed by atoms with Crippen molar-refractivity contribution < 1.29 is 14.2 Å². The minimum absolute atomic E-state index is 0.568. The molecule has 2 aromatic rings. The van der Waals surface area contributed by atoms with Crippen LogP contribution >= 0.6 is 0 Å². The zero-order valence-corrected chi connectivity index (χ0v) is 18.2. The molecule has 0 amide bonds. The second-order valence-electron chi connectivity index (χ2n) is 7.01. The van der Waals surface area contributed by atoms with Gasteiger partial charge in [0.15, 0.2) is 0 Å². The molecule has 1 aliphatic rings. The Labute approximate surface area is 178 Å². The second kappa shape index (κ2) is 9.54. The largest absolute Gasteiger partial charge is 0.496 e. The van der Waals surface area contributed by atoms with E-state index in [1.807, 2.05) is 44.5 Å². The molecule has 0 saturated carbocycles. The molecule has 1 aromatic heterocycles. The maximum atomic E-state index is 5.89. The van der Waals surface area contributed by atoms with E-state index in [1.165, 1.54) is 0 Å². The second-order valence-corrected chi connectivity index (χ2v) is 7.01. The Hall–Kier alpha value is -3.19. The molecule has 156 valence electrons. The zero-order valence-electron chi connectivity index (χ0n) is 18.2. The van der Waals surface area contributed by atoms with E-state index in [9.17, 15) is 0 Å². The third-order valence-corrected chi connectivity index (χ3v) is 5.09. The molecule has 0 saturated heterocycles. The van der Waals surface area contributed by atoms with Crippen LogP contribution in [0.3, 0.4) is 0 Å². The maximum Gasteiger partial charge on any atom is 0.223 e. The zero-order chi connectivity index (χ0) is 21.7. The molecule has 30 heavy (non-hydrogen) atoms. The molecule has 1 aromatic carbocycles. The normalized spacial score (nSPS) is 15.2. The van der Waals surface area contributed by atoms with Crippen molar-refractivity contribution in [3.05, 3.63) is 65.1 Å². The smallest absolute Gasteiger partial charge is 0.223 e. The average molecular weight is 405 g/mol. The quantitative estimate of drug-likeness (QED) is 0.686. The summed E-state index contributed by atoms with van der Waals surface area (Å²) in [5.74, 6) is 2.02. The molecule has 7 heteroatoms. The maximum absolute atomic E-state index is 5.89. The fourth-order valence-electron chi connectivity index (χ4n) is 3.58. The first-order valence-corrected chi connectivity index (χ1v) is 9.82. The van der Waals surface area contributed by atoms with Gasteiger partial charge in [0.1, 0.15) is 17.2 Å². The summed E-state index contributed by atoms with van der Waals surface area (Å²) in [6, 6.07) is 7.80. The first-order valence-electron chi connectivity index (χ1n) is 9.82. The van der Waals surface area contributed by atoms with Crippen LogP contribution in [0.2, 0.25) is 0 Å². The SMILES string of the molecule is Bn1cccc1/C(CCN)=C1N=C(/C=C/c2c(OC)cc(OC)cc2OC)C=C\1C. The van der Waals surface area contributed by atoms with Crippen LogP contribution < -0.4 is 19.9 Å². The highest BCUT2D eigenvalue weighted by Gasteiger charge is 2.17. The number of nitrogens with zero attached hydrogens (tertiary/aromatic N) is 2. The van der Waals surface area contributed by atoms with E-state index in [-0.39, 0.29) is 0 Å². The number of nitrogens with two attached hydrogens (primary N) is 1. The Kier molecular flexibility index (Phi) is 6.85. The molecule has 2 heterocycles. The van der Waals surface area contributed by atoms with Crippen molar-refractivity contribution in [1.29, 1.82) is 0 Å². The lowest BCUT2D eigenvalue weighted by Gasteiger charge is -2.12. The van der Waals surface area contributed by atoms with E-state index in [4.69, 9.17) is 24.9 Å². The van der Waals surface area contributed by atoms with Crippen molar-refractivity contribution in [2.45, 2.75) is 13.3 Å². The number of hydrogen-bond acceptors (Lipinski definition) is 5. The van der Waals surface area contributed by atoms with Crippen LogP contribution in [-0.2, 0) is 0 Å². The molecular formula is C23H28BN3O3. The van der Waals surface area contributed by atoms with Gasteiger partial charge in [-0.1, -0.05) is 0 Å². The summed E-state index contributed by atoms with van der Waals surface area (Å²) >= 11 is 0. The van der Waals surface area contributed by atoms with Crippen molar-refractivity contribution in [2.24, 2.45) is 10.7 Å². The number of benzene rings is 1. The lowest BCUT2D eigenvalue weighted by Crippen LogP contribution is -2.05. The minimum atomic E-state index is 0.568. The highest BCUT2D eigenvalue weighted by Crippen LogP contribution is 2.36. The lowest BCUT2D eigenvalue weighted by atomic mass is 10.0. The Morgan fingerprint density at radius 3 is 2.37 bits per heavy atom. The molecule has 0 spiro atoms. The molecule has 0 atom stereocenters. The molecule has 0 radical (unpaired) electrons. The van der Waals surface area contributed by atoms with Gasteiger partial charge in [-0.25, -0.2) is 4.99 Å². The predicted octanol–water partition coefficient (Wildman–Crippen LogP) is 3.08. The van der Waals surface area contributed by atoms with E-state index >= 15 is 0 Å². The molecule has 6 nitrogen and oxygen atoms in total. The van der Waals surface area contributed by atoms with Gasteiger partial charge in [-0.3, -0.25) is 0 Å². The molecule has 2 N–H and O–H groups in total. The molecule has 0 fully saturated rings. The number of aliphatic imine (C=N–C) groups is 1. The predicted molar refractivity (Wildman–Crippen MR) is 125 cm³/mol. The van der Waals surface area contributed by atoms with Crippen molar-refractivity contribution >= 4 is 25.3 Å². The molecule has 0 bridgehead atoms. The Balaban J connectivity index is 2.01. The summed E-state index contributed by atoms with van der Waals surface area (Å²) in [6.07, 6.45) is 8.79. The Morgan fingerprint density at radius 2 is 1.83 bits per heavy atom. The lowest BCUT2D eigenvalue weighted by molar-refractivity contribution is 0.374. The van der Waals surface area contributed by atoms with Crippen LogP contribution in [-0.4, -0.2) is 46.0 Å². The number of aromatic nitrogens is 1. The van der Waals surface area contributed by atoms with Crippen LogP contribution in [0.4, 0.5) is 0 Å². The summed E-state index contributed by atoms with van der Waals surface area (Å²) in [6.45, 7) is 2.64. The van der Waals surface area contributed by atoms with Crippen LogP contribution in [0, 0.1) is 0 Å². The van der Waals surface area contributed by atoms with Crippen molar-refractivity contribution in [2.75, 3.05) is 27.9 Å².